The summed E-state index contributed by atoms with van der Waals surface area (Å²) in [5.74, 6) is -3.52. The third kappa shape index (κ3) is 7.36. The number of nitrogens with one attached hydrogen (secondary N) is 2. The van der Waals surface area contributed by atoms with Crippen molar-refractivity contribution in [3.63, 3.8) is 0 Å². The van der Waals surface area contributed by atoms with Crippen molar-refractivity contribution in [3.8, 4) is 11.5 Å². The zero-order valence-corrected chi connectivity index (χ0v) is 24.9. The highest BCUT2D eigenvalue weighted by atomic mass is 19.4. The minimum atomic E-state index is -5.52. The molecule has 0 bridgehead atoms. The molecule has 4 aromatic rings. The second kappa shape index (κ2) is 13.6. The molecule has 0 spiro atoms. The number of halogens is 3. The number of esters is 1. The Bertz CT molecular complexity index is 1770. The van der Waals surface area contributed by atoms with Crippen molar-refractivity contribution in [2.45, 2.75) is 45.3 Å². The van der Waals surface area contributed by atoms with Crippen LogP contribution in [0.1, 0.15) is 31.9 Å². The molecule has 12 nitrogen and oxygen atoms in total. The van der Waals surface area contributed by atoms with E-state index < -0.39 is 35.2 Å². The Kier molecular flexibility index (Phi) is 9.83. The van der Waals surface area contributed by atoms with Crippen molar-refractivity contribution >= 4 is 39.8 Å². The number of nitrogens with zero attached hydrogens (tertiary/aromatic N) is 2. The Morgan fingerprint density at radius 2 is 1.78 bits per heavy atom. The number of aromatic nitrogens is 1. The van der Waals surface area contributed by atoms with Crippen LogP contribution in [0.5, 0.6) is 11.5 Å². The molecular weight excluding hydrogens is 611 g/mol. The van der Waals surface area contributed by atoms with Crippen molar-refractivity contribution in [1.29, 1.82) is 0 Å². The average molecular weight is 642 g/mol. The Labute approximate surface area is 260 Å². The van der Waals surface area contributed by atoms with Gasteiger partial charge >= 0.3 is 12.1 Å². The molecule has 242 valence electrons. The normalized spacial score (nSPS) is 12.7. The lowest BCUT2D eigenvalue weighted by molar-refractivity contribution is -0.385. The number of hydrogen-bond donors (Lipinski definition) is 3. The summed E-state index contributed by atoms with van der Waals surface area (Å²) in [4.78, 5) is 41.6. The van der Waals surface area contributed by atoms with E-state index in [-0.39, 0.29) is 52.5 Å². The molecule has 1 aromatic heterocycles. The van der Waals surface area contributed by atoms with Gasteiger partial charge in [0.15, 0.2) is 11.5 Å². The van der Waals surface area contributed by atoms with Gasteiger partial charge in [-0.05, 0) is 68.6 Å². The van der Waals surface area contributed by atoms with Crippen LogP contribution in [-0.2, 0) is 26.6 Å². The first-order chi connectivity index (χ1) is 21.7. The zero-order valence-electron chi connectivity index (χ0n) is 24.9. The summed E-state index contributed by atoms with van der Waals surface area (Å²) >= 11 is 0. The summed E-state index contributed by atoms with van der Waals surface area (Å²) in [5.41, 5.74) is 2.52. The summed E-state index contributed by atoms with van der Waals surface area (Å²) in [5, 5.41) is 17.7. The molecule has 1 amide bonds. The predicted molar refractivity (Wildman–Crippen MR) is 162 cm³/mol. The molecular formula is C31H30F3N5O7. The van der Waals surface area contributed by atoms with E-state index in [1.54, 1.807) is 26.8 Å². The van der Waals surface area contributed by atoms with Crippen LogP contribution in [0.4, 0.5) is 30.4 Å². The van der Waals surface area contributed by atoms with Crippen LogP contribution in [0.3, 0.4) is 0 Å². The smallest absolute Gasteiger partial charge is 0.490 e. The average Bonchev–Trinajstić information content (AvgIpc) is 3.00. The highest BCUT2D eigenvalue weighted by molar-refractivity contribution is 5.95. The first-order valence-electron chi connectivity index (χ1n) is 13.9. The van der Waals surface area contributed by atoms with E-state index in [0.717, 1.165) is 0 Å². The molecule has 1 heterocycles. The number of amides is 1. The SMILES string of the molecule is CCOc1cc(C(Nc2ccc3c(N)nccc3c2)(OC(=O)C(F)(F)F)C(=O)NCc2ccccc2[N+](=O)[O-])ccc1OC(C)C. The Hall–Kier alpha value is -5.60. The molecule has 1 atom stereocenters. The molecule has 3 aromatic carbocycles. The van der Waals surface area contributed by atoms with E-state index in [9.17, 15) is 32.9 Å². The lowest BCUT2D eigenvalue weighted by Gasteiger charge is -2.34. The van der Waals surface area contributed by atoms with E-state index in [2.05, 4.69) is 15.6 Å². The third-order valence-electron chi connectivity index (χ3n) is 6.55. The van der Waals surface area contributed by atoms with Crippen LogP contribution in [-0.4, -0.2) is 40.7 Å². The first-order valence-corrected chi connectivity index (χ1v) is 13.9. The lowest BCUT2D eigenvalue weighted by atomic mass is 9.99. The molecule has 0 aliphatic rings. The molecule has 0 saturated heterocycles. The van der Waals surface area contributed by atoms with E-state index in [1.165, 1.54) is 66.9 Å². The van der Waals surface area contributed by atoms with Gasteiger partial charge < -0.3 is 30.6 Å². The van der Waals surface area contributed by atoms with Gasteiger partial charge in [0.1, 0.15) is 5.82 Å². The van der Waals surface area contributed by atoms with Gasteiger partial charge in [0.05, 0.1) is 17.6 Å². The number of nitrogens with two attached hydrogens (primary N) is 1. The fourth-order valence-corrected chi connectivity index (χ4v) is 4.56. The van der Waals surface area contributed by atoms with Crippen molar-refractivity contribution in [2.75, 3.05) is 17.7 Å². The molecule has 4 rings (SSSR count). The standard InChI is InChI=1S/C31H30F3N5O7/c1-4-44-26-16-21(9-12-25(26)45-18(2)3)30(46-29(41)31(32,33)34,28(40)37-17-20-7-5-6-8-24(20)39(42)43)38-22-10-11-23-19(15-22)13-14-36-27(23)35/h5-16,18,38H,4,17H2,1-3H3,(H2,35,36)(H,37,40). The van der Waals surface area contributed by atoms with E-state index >= 15 is 0 Å². The van der Waals surface area contributed by atoms with E-state index in [1.807, 2.05) is 0 Å². The van der Waals surface area contributed by atoms with Crippen molar-refractivity contribution in [1.82, 2.24) is 10.3 Å². The van der Waals surface area contributed by atoms with E-state index in [4.69, 9.17) is 19.9 Å². The maximum atomic E-state index is 14.1. The maximum absolute atomic E-state index is 14.1. The largest absolute Gasteiger partial charge is 0.491 e. The molecule has 46 heavy (non-hydrogen) atoms. The van der Waals surface area contributed by atoms with Gasteiger partial charge in [-0.25, -0.2) is 9.78 Å². The molecule has 1 unspecified atom stereocenters. The van der Waals surface area contributed by atoms with Gasteiger partial charge in [-0.2, -0.15) is 13.2 Å². The molecule has 4 N–H and O–H groups in total. The highest BCUT2D eigenvalue weighted by Gasteiger charge is 2.52. The highest BCUT2D eigenvalue weighted by Crippen LogP contribution is 2.38. The molecule has 0 radical (unpaired) electrons. The van der Waals surface area contributed by atoms with Gasteiger partial charge in [-0.15, -0.1) is 0 Å². The number of ether oxygens (including phenoxy) is 3. The fourth-order valence-electron chi connectivity index (χ4n) is 4.56. The Balaban J connectivity index is 1.92. The van der Waals surface area contributed by atoms with Gasteiger partial charge in [0, 0.05) is 41.0 Å². The summed E-state index contributed by atoms with van der Waals surface area (Å²) in [6, 6.07) is 15.3. The number of hydrogen-bond acceptors (Lipinski definition) is 10. The maximum Gasteiger partial charge on any atom is 0.491 e. The van der Waals surface area contributed by atoms with Crippen LogP contribution in [0, 0.1) is 10.1 Å². The quantitative estimate of drug-likeness (QED) is 0.0767. The van der Waals surface area contributed by atoms with Gasteiger partial charge in [0.2, 0.25) is 0 Å². The summed E-state index contributed by atoms with van der Waals surface area (Å²) < 4.78 is 57.8. The monoisotopic (exact) mass is 641 g/mol. The van der Waals surface area contributed by atoms with Crippen molar-refractivity contribution in [3.05, 3.63) is 94.2 Å². The number of carbonyl (C=O) groups is 2. The van der Waals surface area contributed by atoms with Crippen molar-refractivity contribution in [2.24, 2.45) is 0 Å². The lowest BCUT2D eigenvalue weighted by Crippen LogP contribution is -2.54. The number of alkyl halides is 3. The first kappa shape index (κ1) is 33.3. The van der Waals surface area contributed by atoms with Gasteiger partial charge in [0.25, 0.3) is 17.3 Å². The number of rotatable bonds is 12. The Morgan fingerprint density at radius 3 is 2.46 bits per heavy atom. The van der Waals surface area contributed by atoms with Crippen LogP contribution < -0.4 is 25.8 Å². The molecule has 0 fully saturated rings. The second-order valence-corrected chi connectivity index (χ2v) is 10.2. The summed E-state index contributed by atoms with van der Waals surface area (Å²) in [6.45, 7) is 4.77. The minimum Gasteiger partial charge on any atom is -0.490 e. The topological polar surface area (TPSA) is 168 Å². The Morgan fingerprint density at radius 1 is 1.04 bits per heavy atom. The number of carbonyl (C=O) groups excluding carboxylic acids is 2. The minimum absolute atomic E-state index is 0.0428. The molecule has 0 aliphatic carbocycles. The number of nitro groups is 1. The summed E-state index contributed by atoms with van der Waals surface area (Å²) in [6.07, 6.45) is -4.42. The second-order valence-electron chi connectivity index (χ2n) is 10.2. The summed E-state index contributed by atoms with van der Waals surface area (Å²) in [7, 11) is 0. The third-order valence-corrected chi connectivity index (χ3v) is 6.55. The van der Waals surface area contributed by atoms with Crippen LogP contribution in [0.15, 0.2) is 72.9 Å². The van der Waals surface area contributed by atoms with Crippen LogP contribution >= 0.6 is 0 Å². The van der Waals surface area contributed by atoms with Crippen molar-refractivity contribution < 1.29 is 41.9 Å². The number of benzene rings is 3. The molecule has 15 heteroatoms. The number of pyridine rings is 1. The number of nitro benzene ring substituents is 1. The van der Waals surface area contributed by atoms with Crippen LogP contribution in [0.2, 0.25) is 0 Å². The zero-order chi connectivity index (χ0) is 33.6. The number of nitrogen functional groups attached to an aromatic ring is 1. The number of anilines is 2. The molecule has 0 saturated carbocycles. The number of fused-ring (bicyclic) bond motifs is 1. The fraction of sp³-hybridized carbons (Fsp3) is 0.258. The molecule has 0 aliphatic heterocycles. The van der Waals surface area contributed by atoms with Gasteiger partial charge in [-0.3, -0.25) is 14.9 Å². The predicted octanol–water partition coefficient (Wildman–Crippen LogP) is 5.60. The van der Waals surface area contributed by atoms with Gasteiger partial charge in [-0.1, -0.05) is 18.2 Å². The van der Waals surface area contributed by atoms with Crippen LogP contribution in [0.25, 0.3) is 10.8 Å². The van der Waals surface area contributed by atoms with E-state index in [0.29, 0.717) is 10.8 Å². The number of para-hydroxylation sites is 1.